The molecule has 0 spiro atoms. The van der Waals surface area contributed by atoms with Crippen molar-refractivity contribution >= 4 is 31.4 Å². The summed E-state index contributed by atoms with van der Waals surface area (Å²) in [6.45, 7) is 1.50. The fraction of sp³-hybridized carbons (Fsp3) is 0.143. The Hall–Kier alpha value is -2.70. The Labute approximate surface area is 149 Å². The third kappa shape index (κ3) is 4.09. The Bertz CT molecular complexity index is 1080. The van der Waals surface area contributed by atoms with Gasteiger partial charge in [0.1, 0.15) is 0 Å². The average molecular weight is 401 g/mol. The minimum absolute atomic E-state index is 0.0573. The predicted molar refractivity (Wildman–Crippen MR) is 93.0 cm³/mol. The molecule has 0 aromatic heterocycles. The number of nitro benzene ring substituents is 1. The number of aryl methyl sites for hydroxylation is 1. The van der Waals surface area contributed by atoms with E-state index >= 15 is 0 Å². The number of methoxy groups -OCH3 is 1. The Morgan fingerprint density at radius 1 is 1.12 bits per heavy atom. The van der Waals surface area contributed by atoms with E-state index < -0.39 is 30.7 Å². The lowest BCUT2D eigenvalue weighted by Gasteiger charge is -2.11. The third-order valence-electron chi connectivity index (χ3n) is 3.40. The van der Waals surface area contributed by atoms with Crippen LogP contribution in [0.4, 0.5) is 11.4 Å². The minimum Gasteiger partial charge on any atom is -0.490 e. The first-order valence-electron chi connectivity index (χ1n) is 6.94. The maximum absolute atomic E-state index is 12.5. The van der Waals surface area contributed by atoms with Crippen molar-refractivity contribution in [3.05, 3.63) is 52.1 Å². The molecule has 26 heavy (non-hydrogen) atoms. The van der Waals surface area contributed by atoms with Crippen molar-refractivity contribution in [1.82, 2.24) is 0 Å². The average Bonchev–Trinajstić information content (AvgIpc) is 2.54. The van der Waals surface area contributed by atoms with Crippen molar-refractivity contribution < 1.29 is 26.5 Å². The standard InChI is InChI=1S/C14H15N3O7S2/c1-9-3-4-10(7-14(9)25(15,20)21)16-26(22,23)11-5-6-13(24-2)12(8-11)17(18)19/h3-8,16H,1-2H3,(H2,15,20,21). The minimum atomic E-state index is -4.22. The second kappa shape index (κ2) is 6.90. The molecule has 140 valence electrons. The summed E-state index contributed by atoms with van der Waals surface area (Å²) in [5.41, 5.74) is -0.238. The first kappa shape index (κ1) is 19.6. The van der Waals surface area contributed by atoms with Gasteiger partial charge in [-0.05, 0) is 36.8 Å². The van der Waals surface area contributed by atoms with Gasteiger partial charge in [0, 0.05) is 6.07 Å². The molecule has 10 nitrogen and oxygen atoms in total. The SMILES string of the molecule is COc1ccc(S(=O)(=O)Nc2ccc(C)c(S(N)(=O)=O)c2)cc1[N+](=O)[O-]. The molecule has 12 heteroatoms. The number of ether oxygens (including phenoxy) is 1. The summed E-state index contributed by atoms with van der Waals surface area (Å²) < 4.78 is 55.0. The molecular weight excluding hydrogens is 386 g/mol. The van der Waals surface area contributed by atoms with Gasteiger partial charge in [-0.3, -0.25) is 14.8 Å². The fourth-order valence-corrected chi connectivity index (χ4v) is 4.04. The lowest BCUT2D eigenvalue weighted by atomic mass is 10.2. The summed E-state index contributed by atoms with van der Waals surface area (Å²) in [4.78, 5) is 9.64. The third-order valence-corrected chi connectivity index (χ3v) is 5.84. The van der Waals surface area contributed by atoms with Gasteiger partial charge in [-0.2, -0.15) is 0 Å². The number of nitro groups is 1. The van der Waals surface area contributed by atoms with E-state index in [1.165, 1.54) is 26.2 Å². The molecule has 0 bridgehead atoms. The van der Waals surface area contributed by atoms with Gasteiger partial charge >= 0.3 is 5.69 Å². The molecule has 0 atom stereocenters. The Kier molecular flexibility index (Phi) is 5.21. The van der Waals surface area contributed by atoms with Gasteiger partial charge in [-0.15, -0.1) is 0 Å². The molecule has 2 rings (SSSR count). The number of nitrogens with two attached hydrogens (primary N) is 1. The topological polar surface area (TPSA) is 159 Å². The molecule has 0 radical (unpaired) electrons. The van der Waals surface area contributed by atoms with Gasteiger partial charge in [0.05, 0.1) is 27.5 Å². The molecule has 0 unspecified atom stereocenters. The number of benzene rings is 2. The van der Waals surface area contributed by atoms with Crippen LogP contribution in [-0.2, 0) is 20.0 Å². The van der Waals surface area contributed by atoms with Crippen LogP contribution in [0.15, 0.2) is 46.2 Å². The molecule has 0 amide bonds. The van der Waals surface area contributed by atoms with Crippen LogP contribution in [-0.4, -0.2) is 28.9 Å². The van der Waals surface area contributed by atoms with E-state index in [4.69, 9.17) is 9.88 Å². The highest BCUT2D eigenvalue weighted by molar-refractivity contribution is 7.92. The molecule has 3 N–H and O–H groups in total. The van der Waals surface area contributed by atoms with Gasteiger partial charge in [0.2, 0.25) is 10.0 Å². The van der Waals surface area contributed by atoms with Gasteiger partial charge in [0.15, 0.2) is 5.75 Å². The van der Waals surface area contributed by atoms with Gasteiger partial charge in [-0.25, -0.2) is 22.0 Å². The van der Waals surface area contributed by atoms with E-state index in [1.54, 1.807) is 0 Å². The zero-order valence-electron chi connectivity index (χ0n) is 13.7. The van der Waals surface area contributed by atoms with Gasteiger partial charge in [-0.1, -0.05) is 6.07 Å². The molecule has 2 aromatic carbocycles. The Morgan fingerprint density at radius 3 is 2.31 bits per heavy atom. The number of anilines is 1. The molecule has 0 saturated carbocycles. The van der Waals surface area contributed by atoms with E-state index in [2.05, 4.69) is 4.72 Å². The van der Waals surface area contributed by atoms with Crippen LogP contribution in [0, 0.1) is 17.0 Å². The van der Waals surface area contributed by atoms with Crippen molar-refractivity contribution in [2.24, 2.45) is 5.14 Å². The summed E-state index contributed by atoms with van der Waals surface area (Å²) in [7, 11) is -7.04. The first-order chi connectivity index (χ1) is 12.0. The Morgan fingerprint density at radius 2 is 1.77 bits per heavy atom. The van der Waals surface area contributed by atoms with Crippen LogP contribution in [0.5, 0.6) is 5.75 Å². The van der Waals surface area contributed by atoms with Crippen molar-refractivity contribution in [3.63, 3.8) is 0 Å². The van der Waals surface area contributed by atoms with Crippen LogP contribution in [0.2, 0.25) is 0 Å². The summed E-state index contributed by atoms with van der Waals surface area (Å²) in [5.74, 6) is -0.0965. The molecule has 0 aliphatic rings. The predicted octanol–water partition coefficient (Wildman–Crippen LogP) is 1.36. The van der Waals surface area contributed by atoms with Gasteiger partial charge in [0.25, 0.3) is 10.0 Å². The monoisotopic (exact) mass is 401 g/mol. The van der Waals surface area contributed by atoms with E-state index in [1.807, 2.05) is 0 Å². The highest BCUT2D eigenvalue weighted by atomic mass is 32.2. The largest absolute Gasteiger partial charge is 0.490 e. The number of primary sulfonamides is 1. The van der Waals surface area contributed by atoms with Crippen LogP contribution in [0.1, 0.15) is 5.56 Å². The summed E-state index contributed by atoms with van der Waals surface area (Å²) in [6, 6.07) is 6.92. The van der Waals surface area contributed by atoms with Crippen LogP contribution < -0.4 is 14.6 Å². The number of hydrogen-bond acceptors (Lipinski definition) is 7. The first-order valence-corrected chi connectivity index (χ1v) is 9.97. The molecule has 0 fully saturated rings. The maximum Gasteiger partial charge on any atom is 0.312 e. The molecule has 0 heterocycles. The van der Waals surface area contributed by atoms with Crippen LogP contribution >= 0.6 is 0 Å². The zero-order valence-corrected chi connectivity index (χ0v) is 15.3. The number of rotatable bonds is 6. The molecule has 0 aliphatic carbocycles. The highest BCUT2D eigenvalue weighted by Gasteiger charge is 2.23. The number of hydrogen-bond donors (Lipinski definition) is 2. The van der Waals surface area contributed by atoms with Crippen molar-refractivity contribution in [1.29, 1.82) is 0 Å². The molecular formula is C14H15N3O7S2. The molecule has 2 aromatic rings. The van der Waals surface area contributed by atoms with E-state index in [0.29, 0.717) is 5.56 Å². The zero-order chi connectivity index (χ0) is 19.7. The number of nitrogens with zero attached hydrogens (tertiary/aromatic N) is 1. The summed E-state index contributed by atoms with van der Waals surface area (Å²) >= 11 is 0. The lowest BCUT2D eigenvalue weighted by Crippen LogP contribution is -2.16. The van der Waals surface area contributed by atoms with E-state index in [9.17, 15) is 26.9 Å². The Balaban J connectivity index is 2.47. The smallest absolute Gasteiger partial charge is 0.312 e. The van der Waals surface area contributed by atoms with Crippen LogP contribution in [0.25, 0.3) is 0 Å². The molecule has 0 aliphatic heterocycles. The maximum atomic E-state index is 12.5. The van der Waals surface area contributed by atoms with E-state index in [0.717, 1.165) is 24.3 Å². The fourth-order valence-electron chi connectivity index (χ4n) is 2.16. The quantitative estimate of drug-likeness (QED) is 0.546. The van der Waals surface area contributed by atoms with Crippen molar-refractivity contribution in [3.8, 4) is 5.75 Å². The highest BCUT2D eigenvalue weighted by Crippen LogP contribution is 2.30. The summed E-state index contributed by atoms with van der Waals surface area (Å²) in [5, 5.41) is 16.1. The summed E-state index contributed by atoms with van der Waals surface area (Å²) in [6.07, 6.45) is 0. The van der Waals surface area contributed by atoms with Crippen LogP contribution in [0.3, 0.4) is 0 Å². The number of sulfonamides is 2. The van der Waals surface area contributed by atoms with Crippen molar-refractivity contribution in [2.45, 2.75) is 16.7 Å². The number of nitrogens with one attached hydrogen (secondary N) is 1. The van der Waals surface area contributed by atoms with E-state index in [-0.39, 0.29) is 21.2 Å². The second-order valence-corrected chi connectivity index (χ2v) is 8.43. The second-order valence-electron chi connectivity index (χ2n) is 5.22. The molecule has 0 saturated heterocycles. The van der Waals surface area contributed by atoms with Crippen molar-refractivity contribution in [2.75, 3.05) is 11.8 Å². The van der Waals surface area contributed by atoms with Gasteiger partial charge < -0.3 is 4.74 Å². The lowest BCUT2D eigenvalue weighted by molar-refractivity contribution is -0.386. The normalized spacial score (nSPS) is 11.8.